The van der Waals surface area contributed by atoms with Crippen molar-refractivity contribution in [3.8, 4) is 5.75 Å². The van der Waals surface area contributed by atoms with Gasteiger partial charge in [0.15, 0.2) is 0 Å². The van der Waals surface area contributed by atoms with Crippen LogP contribution in [0.5, 0.6) is 5.75 Å². The molecule has 1 amide bonds. The standard InChI is InChI=1S/C26H23N5O4/c1-3-35-20-14-10-18(11-15-20)28-25(32)23-16(2)27-26-29-21-6-4-5-7-22(21)30(26)24(23)17-8-12-19(13-9-17)31(33)34/h4-15,24H,3H2,1-2H3,(H,27,29)(H,28,32)/t24-/m0/s1. The zero-order chi connectivity index (χ0) is 24.5. The van der Waals surface area contributed by atoms with Gasteiger partial charge in [0.05, 0.1) is 34.2 Å². The lowest BCUT2D eigenvalue weighted by molar-refractivity contribution is -0.384. The molecule has 0 fully saturated rings. The molecule has 2 N–H and O–H groups in total. The van der Waals surface area contributed by atoms with Crippen molar-refractivity contribution >= 4 is 34.3 Å². The fourth-order valence-corrected chi connectivity index (χ4v) is 4.35. The molecule has 0 radical (unpaired) electrons. The van der Waals surface area contributed by atoms with Crippen molar-refractivity contribution in [1.29, 1.82) is 0 Å². The van der Waals surface area contributed by atoms with Crippen LogP contribution in [0.25, 0.3) is 11.0 Å². The van der Waals surface area contributed by atoms with Crippen LogP contribution in [0.1, 0.15) is 25.5 Å². The summed E-state index contributed by atoms with van der Waals surface area (Å²) >= 11 is 0. The number of nitro groups is 1. The summed E-state index contributed by atoms with van der Waals surface area (Å²) in [4.78, 5) is 29.1. The number of fused-ring (bicyclic) bond motifs is 3. The van der Waals surface area contributed by atoms with Crippen molar-refractivity contribution in [2.75, 3.05) is 17.2 Å². The highest BCUT2D eigenvalue weighted by molar-refractivity contribution is 6.06. The third-order valence-corrected chi connectivity index (χ3v) is 5.92. The summed E-state index contributed by atoms with van der Waals surface area (Å²) in [6, 6.07) is 20.6. The number of non-ortho nitro benzene ring substituents is 1. The zero-order valence-corrected chi connectivity index (χ0v) is 19.2. The largest absolute Gasteiger partial charge is 0.494 e. The molecule has 1 atom stereocenters. The summed E-state index contributed by atoms with van der Waals surface area (Å²) in [5.41, 5.74) is 4.11. The van der Waals surface area contributed by atoms with Crippen LogP contribution >= 0.6 is 0 Å². The van der Waals surface area contributed by atoms with Crippen LogP contribution < -0.4 is 15.4 Å². The first kappa shape index (κ1) is 22.1. The van der Waals surface area contributed by atoms with Crippen molar-refractivity contribution in [3.63, 3.8) is 0 Å². The minimum atomic E-state index is -0.540. The van der Waals surface area contributed by atoms with Gasteiger partial charge in [0.25, 0.3) is 11.6 Å². The quantitative estimate of drug-likeness (QED) is 0.294. The van der Waals surface area contributed by atoms with Crippen molar-refractivity contribution in [2.45, 2.75) is 19.9 Å². The fraction of sp³-hybridized carbons (Fsp3) is 0.154. The predicted molar refractivity (Wildman–Crippen MR) is 134 cm³/mol. The number of carbonyl (C=O) groups is 1. The van der Waals surface area contributed by atoms with Gasteiger partial charge in [-0.1, -0.05) is 12.1 Å². The number of ether oxygens (including phenoxy) is 1. The van der Waals surface area contributed by atoms with E-state index in [1.165, 1.54) is 12.1 Å². The molecule has 0 saturated heterocycles. The van der Waals surface area contributed by atoms with E-state index in [0.717, 1.165) is 22.3 Å². The molecule has 9 heteroatoms. The van der Waals surface area contributed by atoms with Crippen LogP contribution in [0.15, 0.2) is 84.1 Å². The van der Waals surface area contributed by atoms with Gasteiger partial charge in [-0.3, -0.25) is 19.5 Å². The molecule has 0 unspecified atom stereocenters. The molecule has 5 rings (SSSR count). The number of nitro benzene ring substituents is 1. The Hall–Kier alpha value is -4.66. The molecule has 0 saturated carbocycles. The Morgan fingerprint density at radius 1 is 1.11 bits per heavy atom. The molecule has 1 aromatic heterocycles. The average Bonchev–Trinajstić information content (AvgIpc) is 3.22. The van der Waals surface area contributed by atoms with Crippen LogP contribution in [0.3, 0.4) is 0 Å². The summed E-state index contributed by atoms with van der Waals surface area (Å²) in [5, 5.41) is 17.5. The molecule has 176 valence electrons. The topological polar surface area (TPSA) is 111 Å². The van der Waals surface area contributed by atoms with E-state index < -0.39 is 11.0 Å². The number of benzene rings is 3. The summed E-state index contributed by atoms with van der Waals surface area (Å²) in [5.74, 6) is 1.04. The number of hydrogen-bond donors (Lipinski definition) is 2. The van der Waals surface area contributed by atoms with Crippen LogP contribution in [0.2, 0.25) is 0 Å². The number of imidazole rings is 1. The lowest BCUT2D eigenvalue weighted by Crippen LogP contribution is -2.30. The van der Waals surface area contributed by atoms with Gasteiger partial charge >= 0.3 is 0 Å². The maximum atomic E-state index is 13.6. The Labute approximate surface area is 201 Å². The first-order valence-electron chi connectivity index (χ1n) is 11.2. The highest BCUT2D eigenvalue weighted by Gasteiger charge is 2.34. The summed E-state index contributed by atoms with van der Waals surface area (Å²) in [6.45, 7) is 4.29. The number of para-hydroxylation sites is 2. The van der Waals surface area contributed by atoms with Crippen LogP contribution in [0.4, 0.5) is 17.3 Å². The van der Waals surface area contributed by atoms with E-state index in [1.807, 2.05) is 42.7 Å². The van der Waals surface area contributed by atoms with Gasteiger partial charge in [0.1, 0.15) is 5.75 Å². The Bertz CT molecular complexity index is 1460. The molecule has 0 bridgehead atoms. The van der Waals surface area contributed by atoms with E-state index in [2.05, 4.69) is 10.6 Å². The third-order valence-electron chi connectivity index (χ3n) is 5.92. The number of carbonyl (C=O) groups excluding carboxylic acids is 1. The monoisotopic (exact) mass is 469 g/mol. The van der Waals surface area contributed by atoms with Crippen molar-refractivity contribution in [3.05, 3.63) is 99.7 Å². The van der Waals surface area contributed by atoms with Crippen molar-refractivity contribution in [2.24, 2.45) is 0 Å². The highest BCUT2D eigenvalue weighted by atomic mass is 16.6. The highest BCUT2D eigenvalue weighted by Crippen LogP contribution is 2.40. The van der Waals surface area contributed by atoms with E-state index in [0.29, 0.717) is 29.5 Å². The smallest absolute Gasteiger partial charge is 0.269 e. The van der Waals surface area contributed by atoms with E-state index in [4.69, 9.17) is 9.72 Å². The normalized spacial score (nSPS) is 14.9. The average molecular weight is 470 g/mol. The van der Waals surface area contributed by atoms with E-state index in [9.17, 15) is 14.9 Å². The number of nitrogens with one attached hydrogen (secondary N) is 2. The second kappa shape index (κ2) is 8.94. The third kappa shape index (κ3) is 4.08. The lowest BCUT2D eigenvalue weighted by Gasteiger charge is -2.30. The Kier molecular flexibility index (Phi) is 5.66. The first-order chi connectivity index (χ1) is 17.0. The number of amides is 1. The van der Waals surface area contributed by atoms with Gasteiger partial charge in [-0.15, -0.1) is 0 Å². The van der Waals surface area contributed by atoms with Gasteiger partial charge in [0.2, 0.25) is 5.95 Å². The predicted octanol–water partition coefficient (Wildman–Crippen LogP) is 5.27. The zero-order valence-electron chi connectivity index (χ0n) is 19.2. The van der Waals surface area contributed by atoms with Crippen LogP contribution in [-0.2, 0) is 4.79 Å². The summed E-state index contributed by atoms with van der Waals surface area (Å²) < 4.78 is 7.44. The number of allylic oxidation sites excluding steroid dienone is 1. The molecular weight excluding hydrogens is 446 g/mol. The molecule has 1 aliphatic heterocycles. The van der Waals surface area contributed by atoms with Crippen molar-refractivity contribution < 1.29 is 14.5 Å². The van der Waals surface area contributed by atoms with Gasteiger partial charge in [-0.2, -0.15) is 0 Å². The van der Waals surface area contributed by atoms with Gasteiger partial charge in [-0.05, 0) is 67.9 Å². The van der Waals surface area contributed by atoms with E-state index in [-0.39, 0.29) is 11.6 Å². The molecular formula is C26H23N5O4. The summed E-state index contributed by atoms with van der Waals surface area (Å²) in [6.07, 6.45) is 0. The van der Waals surface area contributed by atoms with Gasteiger partial charge in [-0.25, -0.2) is 4.98 Å². The molecule has 9 nitrogen and oxygen atoms in total. The maximum Gasteiger partial charge on any atom is 0.269 e. The number of nitrogens with zero attached hydrogens (tertiary/aromatic N) is 3. The molecule has 3 aromatic carbocycles. The van der Waals surface area contributed by atoms with Gasteiger partial charge in [0, 0.05) is 23.5 Å². The SMILES string of the molecule is CCOc1ccc(NC(=O)C2=C(C)Nc3nc4ccccc4n3[C@H]2c2ccc([N+](=O)[O-])cc2)cc1. The molecule has 35 heavy (non-hydrogen) atoms. The Morgan fingerprint density at radius 3 is 2.51 bits per heavy atom. The fourth-order valence-electron chi connectivity index (χ4n) is 4.35. The Morgan fingerprint density at radius 2 is 1.83 bits per heavy atom. The first-order valence-corrected chi connectivity index (χ1v) is 11.2. The number of aromatic nitrogens is 2. The molecule has 0 spiro atoms. The molecule has 4 aromatic rings. The van der Waals surface area contributed by atoms with Gasteiger partial charge < -0.3 is 15.4 Å². The molecule has 2 heterocycles. The van der Waals surface area contributed by atoms with E-state index in [1.54, 1.807) is 36.4 Å². The van der Waals surface area contributed by atoms with Crippen LogP contribution in [0, 0.1) is 10.1 Å². The second-order valence-corrected chi connectivity index (χ2v) is 8.12. The summed E-state index contributed by atoms with van der Waals surface area (Å²) in [7, 11) is 0. The molecule has 0 aliphatic carbocycles. The minimum Gasteiger partial charge on any atom is -0.494 e. The minimum absolute atomic E-state index is 0.0144. The number of anilines is 2. The van der Waals surface area contributed by atoms with Crippen molar-refractivity contribution in [1.82, 2.24) is 9.55 Å². The van der Waals surface area contributed by atoms with E-state index >= 15 is 0 Å². The Balaban J connectivity index is 1.58. The van der Waals surface area contributed by atoms with Crippen LogP contribution in [-0.4, -0.2) is 27.0 Å². The molecule has 1 aliphatic rings. The number of hydrogen-bond acceptors (Lipinski definition) is 6. The second-order valence-electron chi connectivity index (χ2n) is 8.12. The lowest BCUT2D eigenvalue weighted by atomic mass is 9.94. The number of rotatable bonds is 6. The maximum absolute atomic E-state index is 13.6.